The fraction of sp³-hybridized carbons (Fsp3) is 0.333. The maximum Gasteiger partial charge on any atom is 0.207 e. The Labute approximate surface area is 154 Å². The van der Waals surface area contributed by atoms with Crippen molar-refractivity contribution in [2.45, 2.75) is 25.8 Å². The number of hydrogen-bond acceptors (Lipinski definition) is 5. The number of carbonyl (C=O) groups is 1. The number of rotatable bonds is 8. The van der Waals surface area contributed by atoms with Crippen LogP contribution >= 0.6 is 0 Å². The SMILES string of the molecule is COc1ccc(CC(C)(C)/N=C/C(=O)c2ccccc2OC)cc1OC. The Morgan fingerprint density at radius 2 is 1.62 bits per heavy atom. The van der Waals surface area contributed by atoms with Gasteiger partial charge in [0.15, 0.2) is 11.5 Å². The first-order valence-electron chi connectivity index (χ1n) is 8.33. The van der Waals surface area contributed by atoms with E-state index in [-0.39, 0.29) is 5.78 Å². The summed E-state index contributed by atoms with van der Waals surface area (Å²) in [4.78, 5) is 16.9. The van der Waals surface area contributed by atoms with Gasteiger partial charge in [0.05, 0.1) is 38.6 Å². The minimum Gasteiger partial charge on any atom is -0.496 e. The number of ketones is 1. The number of benzene rings is 2. The highest BCUT2D eigenvalue weighted by Crippen LogP contribution is 2.29. The number of ether oxygens (including phenoxy) is 3. The molecule has 0 amide bonds. The van der Waals surface area contributed by atoms with Gasteiger partial charge in [-0.25, -0.2) is 0 Å². The molecular formula is C21H25NO4. The maximum atomic E-state index is 12.4. The molecule has 0 unspecified atom stereocenters. The monoisotopic (exact) mass is 355 g/mol. The first-order chi connectivity index (χ1) is 12.4. The first kappa shape index (κ1) is 19.5. The molecular weight excluding hydrogens is 330 g/mol. The Kier molecular flexibility index (Phi) is 6.39. The average Bonchev–Trinajstić information content (AvgIpc) is 2.65. The third kappa shape index (κ3) is 4.85. The summed E-state index contributed by atoms with van der Waals surface area (Å²) in [5.41, 5.74) is 1.10. The highest BCUT2D eigenvalue weighted by molar-refractivity contribution is 6.36. The van der Waals surface area contributed by atoms with Gasteiger partial charge in [0.1, 0.15) is 5.75 Å². The molecule has 5 nitrogen and oxygen atoms in total. The smallest absolute Gasteiger partial charge is 0.207 e. The number of nitrogens with zero attached hydrogens (tertiary/aromatic N) is 1. The molecule has 0 N–H and O–H groups in total. The van der Waals surface area contributed by atoms with Crippen LogP contribution in [0.5, 0.6) is 17.2 Å². The third-order valence-corrected chi connectivity index (χ3v) is 3.99. The zero-order chi connectivity index (χ0) is 19.2. The fourth-order valence-electron chi connectivity index (χ4n) is 2.69. The number of para-hydroxylation sites is 1. The molecule has 0 radical (unpaired) electrons. The lowest BCUT2D eigenvalue weighted by molar-refractivity contribution is 0.106. The summed E-state index contributed by atoms with van der Waals surface area (Å²) in [5.74, 6) is 1.73. The second kappa shape index (κ2) is 8.52. The minimum atomic E-state index is -0.447. The first-order valence-corrected chi connectivity index (χ1v) is 8.33. The average molecular weight is 355 g/mol. The predicted octanol–water partition coefficient (Wildman–Crippen LogP) is 3.99. The number of Topliss-reactive ketones (excluding diaryl/α,β-unsaturated/α-hetero) is 1. The van der Waals surface area contributed by atoms with Gasteiger partial charge in [0.25, 0.3) is 0 Å². The van der Waals surface area contributed by atoms with Crippen LogP contribution in [0.1, 0.15) is 29.8 Å². The standard InChI is InChI=1S/C21H25NO4/c1-21(2,13-15-10-11-19(25-4)20(12-15)26-5)22-14-17(23)16-8-6-7-9-18(16)24-3/h6-12,14H,13H2,1-5H3/b22-14+. The van der Waals surface area contributed by atoms with E-state index >= 15 is 0 Å². The van der Waals surface area contributed by atoms with Gasteiger partial charge >= 0.3 is 0 Å². The van der Waals surface area contributed by atoms with Crippen LogP contribution in [0.15, 0.2) is 47.5 Å². The van der Waals surface area contributed by atoms with Gasteiger partial charge in [-0.15, -0.1) is 0 Å². The number of carbonyl (C=O) groups excluding carboxylic acids is 1. The van der Waals surface area contributed by atoms with E-state index in [9.17, 15) is 4.79 Å². The second-order valence-electron chi connectivity index (χ2n) is 6.50. The molecule has 26 heavy (non-hydrogen) atoms. The van der Waals surface area contributed by atoms with Gasteiger partial charge in [-0.1, -0.05) is 18.2 Å². The van der Waals surface area contributed by atoms with E-state index in [1.54, 1.807) is 39.5 Å². The van der Waals surface area contributed by atoms with Crippen LogP contribution in [0.2, 0.25) is 0 Å². The summed E-state index contributed by atoms with van der Waals surface area (Å²) < 4.78 is 15.8. The number of methoxy groups -OCH3 is 3. The van der Waals surface area contributed by atoms with Crippen molar-refractivity contribution in [3.63, 3.8) is 0 Å². The molecule has 0 fully saturated rings. The van der Waals surface area contributed by atoms with Crippen LogP contribution in [0.25, 0.3) is 0 Å². The molecule has 2 aromatic carbocycles. The Hall–Kier alpha value is -2.82. The lowest BCUT2D eigenvalue weighted by Crippen LogP contribution is -2.21. The van der Waals surface area contributed by atoms with Crippen molar-refractivity contribution in [3.8, 4) is 17.2 Å². The van der Waals surface area contributed by atoms with Gasteiger partial charge in [-0.2, -0.15) is 0 Å². The van der Waals surface area contributed by atoms with E-state index in [2.05, 4.69) is 4.99 Å². The highest BCUT2D eigenvalue weighted by atomic mass is 16.5. The summed E-state index contributed by atoms with van der Waals surface area (Å²) >= 11 is 0. The molecule has 0 aliphatic heterocycles. The molecule has 5 heteroatoms. The van der Waals surface area contributed by atoms with E-state index in [0.29, 0.717) is 29.2 Å². The minimum absolute atomic E-state index is 0.178. The molecule has 2 aromatic rings. The van der Waals surface area contributed by atoms with E-state index in [4.69, 9.17) is 14.2 Å². The molecule has 0 bridgehead atoms. The quantitative estimate of drug-likeness (QED) is 0.531. The number of aliphatic imine (C=N–C) groups is 1. The van der Waals surface area contributed by atoms with Crippen LogP contribution < -0.4 is 14.2 Å². The van der Waals surface area contributed by atoms with E-state index in [1.165, 1.54) is 6.21 Å². The molecule has 0 aliphatic carbocycles. The largest absolute Gasteiger partial charge is 0.496 e. The van der Waals surface area contributed by atoms with Gasteiger partial charge in [0.2, 0.25) is 5.78 Å². The van der Waals surface area contributed by atoms with Gasteiger partial charge < -0.3 is 14.2 Å². The van der Waals surface area contributed by atoms with Crippen molar-refractivity contribution < 1.29 is 19.0 Å². The predicted molar refractivity (Wildman–Crippen MR) is 103 cm³/mol. The molecule has 0 heterocycles. The van der Waals surface area contributed by atoms with Crippen molar-refractivity contribution >= 4 is 12.0 Å². The molecule has 0 aliphatic rings. The summed E-state index contributed by atoms with van der Waals surface area (Å²) in [6.07, 6.45) is 2.03. The summed E-state index contributed by atoms with van der Waals surface area (Å²) in [6.45, 7) is 3.96. The molecule has 138 valence electrons. The zero-order valence-electron chi connectivity index (χ0n) is 15.9. The van der Waals surface area contributed by atoms with E-state index in [1.807, 2.05) is 38.1 Å². The van der Waals surface area contributed by atoms with Gasteiger partial charge in [0, 0.05) is 0 Å². The van der Waals surface area contributed by atoms with Crippen molar-refractivity contribution in [1.29, 1.82) is 0 Å². The van der Waals surface area contributed by atoms with Crippen LogP contribution in [-0.4, -0.2) is 38.9 Å². The van der Waals surface area contributed by atoms with Crippen LogP contribution in [0.4, 0.5) is 0 Å². The highest BCUT2D eigenvalue weighted by Gasteiger charge is 2.19. The van der Waals surface area contributed by atoms with Crippen molar-refractivity contribution in [2.24, 2.45) is 4.99 Å². The molecule has 0 saturated heterocycles. The topological polar surface area (TPSA) is 57.1 Å². The van der Waals surface area contributed by atoms with E-state index < -0.39 is 5.54 Å². The molecule has 0 aromatic heterocycles. The summed E-state index contributed by atoms with van der Waals surface area (Å²) in [7, 11) is 4.76. The van der Waals surface area contributed by atoms with Gasteiger partial charge in [-0.05, 0) is 50.1 Å². The van der Waals surface area contributed by atoms with Crippen LogP contribution in [-0.2, 0) is 6.42 Å². The maximum absolute atomic E-state index is 12.4. The van der Waals surface area contributed by atoms with Crippen molar-refractivity contribution in [2.75, 3.05) is 21.3 Å². The van der Waals surface area contributed by atoms with Gasteiger partial charge in [-0.3, -0.25) is 9.79 Å². The Balaban J connectivity index is 2.15. The molecule has 0 atom stereocenters. The molecule has 0 saturated carbocycles. The van der Waals surface area contributed by atoms with Crippen molar-refractivity contribution in [1.82, 2.24) is 0 Å². The van der Waals surface area contributed by atoms with Crippen LogP contribution in [0.3, 0.4) is 0 Å². The zero-order valence-corrected chi connectivity index (χ0v) is 15.9. The lowest BCUT2D eigenvalue weighted by Gasteiger charge is -2.20. The molecule has 0 spiro atoms. The second-order valence-corrected chi connectivity index (χ2v) is 6.50. The Morgan fingerprint density at radius 1 is 0.962 bits per heavy atom. The lowest BCUT2D eigenvalue weighted by atomic mass is 9.95. The number of hydrogen-bond donors (Lipinski definition) is 0. The third-order valence-electron chi connectivity index (χ3n) is 3.99. The Morgan fingerprint density at radius 3 is 2.27 bits per heavy atom. The van der Waals surface area contributed by atoms with Crippen molar-refractivity contribution in [3.05, 3.63) is 53.6 Å². The fourth-order valence-corrected chi connectivity index (χ4v) is 2.69. The summed E-state index contributed by atoms with van der Waals surface area (Å²) in [6, 6.07) is 12.9. The normalized spacial score (nSPS) is 11.4. The Bertz CT molecular complexity index is 796. The molecule has 2 rings (SSSR count). The summed E-state index contributed by atoms with van der Waals surface area (Å²) in [5, 5.41) is 0. The van der Waals surface area contributed by atoms with Crippen LogP contribution in [0, 0.1) is 0 Å². The van der Waals surface area contributed by atoms with E-state index in [0.717, 1.165) is 5.56 Å².